The molecule has 6 heteroatoms. The summed E-state index contributed by atoms with van der Waals surface area (Å²) in [6.07, 6.45) is 3.73. The van der Waals surface area contributed by atoms with Gasteiger partial charge in [0.2, 0.25) is 0 Å². The van der Waals surface area contributed by atoms with Crippen LogP contribution in [0.15, 0.2) is 5.03 Å². The Labute approximate surface area is 76.4 Å². The SMILES string of the molecule is NS(=O)(=O)c1n[nH]c2c1CCCC2. The molecule has 0 amide bonds. The number of nitrogens with one attached hydrogen (secondary N) is 1. The van der Waals surface area contributed by atoms with Gasteiger partial charge in [0.05, 0.1) is 0 Å². The van der Waals surface area contributed by atoms with Gasteiger partial charge < -0.3 is 0 Å². The maximum atomic E-state index is 11.1. The van der Waals surface area contributed by atoms with Crippen LogP contribution in [0, 0.1) is 0 Å². The molecule has 0 saturated heterocycles. The third-order valence-electron chi connectivity index (χ3n) is 2.29. The van der Waals surface area contributed by atoms with Crippen molar-refractivity contribution in [2.45, 2.75) is 30.7 Å². The van der Waals surface area contributed by atoms with E-state index in [4.69, 9.17) is 5.14 Å². The molecule has 13 heavy (non-hydrogen) atoms. The van der Waals surface area contributed by atoms with Crippen molar-refractivity contribution in [3.8, 4) is 0 Å². The van der Waals surface area contributed by atoms with E-state index in [-0.39, 0.29) is 5.03 Å². The minimum atomic E-state index is -3.64. The number of nitrogens with zero attached hydrogens (tertiary/aromatic N) is 1. The molecule has 0 radical (unpaired) electrons. The number of aryl methyl sites for hydroxylation is 1. The van der Waals surface area contributed by atoms with Crippen molar-refractivity contribution >= 4 is 10.0 Å². The second-order valence-electron chi connectivity index (χ2n) is 3.24. The summed E-state index contributed by atoms with van der Waals surface area (Å²) in [6, 6.07) is 0. The molecule has 0 spiro atoms. The summed E-state index contributed by atoms with van der Waals surface area (Å²) < 4.78 is 22.1. The average Bonchev–Trinajstić information content (AvgIpc) is 2.45. The van der Waals surface area contributed by atoms with Crippen LogP contribution in [0.4, 0.5) is 0 Å². The first-order valence-corrected chi connectivity index (χ1v) is 5.72. The van der Waals surface area contributed by atoms with Crippen molar-refractivity contribution in [2.75, 3.05) is 0 Å². The molecule has 0 atom stereocenters. The van der Waals surface area contributed by atoms with Gasteiger partial charge in [0.1, 0.15) is 0 Å². The van der Waals surface area contributed by atoms with E-state index >= 15 is 0 Å². The molecule has 0 fully saturated rings. The fourth-order valence-electron chi connectivity index (χ4n) is 1.69. The van der Waals surface area contributed by atoms with Gasteiger partial charge in [-0.25, -0.2) is 13.6 Å². The van der Waals surface area contributed by atoms with Gasteiger partial charge in [0.15, 0.2) is 5.03 Å². The van der Waals surface area contributed by atoms with Crippen LogP contribution in [0.25, 0.3) is 0 Å². The number of nitrogens with two attached hydrogens (primary N) is 1. The standard InChI is InChI=1S/C7H11N3O2S/c8-13(11,12)7-5-3-1-2-4-6(5)9-10-7/h1-4H2,(H,9,10)(H2,8,11,12). The van der Waals surface area contributed by atoms with Gasteiger partial charge in [-0.05, 0) is 25.7 Å². The molecule has 0 aliphatic heterocycles. The minimum absolute atomic E-state index is 0.0298. The van der Waals surface area contributed by atoms with Crippen LogP contribution in [0.2, 0.25) is 0 Å². The number of hydrogen-bond acceptors (Lipinski definition) is 3. The van der Waals surface area contributed by atoms with Crippen molar-refractivity contribution in [3.63, 3.8) is 0 Å². The van der Waals surface area contributed by atoms with E-state index in [1.54, 1.807) is 0 Å². The lowest BCUT2D eigenvalue weighted by Crippen LogP contribution is -2.15. The fourth-order valence-corrected chi connectivity index (χ4v) is 2.43. The Bertz CT molecular complexity index is 421. The molecular weight excluding hydrogens is 190 g/mol. The second-order valence-corrected chi connectivity index (χ2v) is 4.71. The Morgan fingerprint density at radius 3 is 2.69 bits per heavy atom. The molecule has 0 unspecified atom stereocenters. The van der Waals surface area contributed by atoms with Gasteiger partial charge in [-0.1, -0.05) is 0 Å². The first-order chi connectivity index (χ1) is 6.09. The highest BCUT2D eigenvalue weighted by atomic mass is 32.2. The largest absolute Gasteiger partial charge is 0.281 e. The number of aromatic amines is 1. The van der Waals surface area contributed by atoms with Gasteiger partial charge in [0, 0.05) is 11.3 Å². The molecule has 0 aromatic carbocycles. The van der Waals surface area contributed by atoms with Crippen LogP contribution in [0.5, 0.6) is 0 Å². The van der Waals surface area contributed by atoms with Crippen LogP contribution in [-0.2, 0) is 22.9 Å². The first kappa shape index (κ1) is 8.71. The van der Waals surface area contributed by atoms with Gasteiger partial charge in [-0.3, -0.25) is 5.10 Å². The quantitative estimate of drug-likeness (QED) is 0.666. The van der Waals surface area contributed by atoms with E-state index in [9.17, 15) is 8.42 Å². The Kier molecular flexibility index (Phi) is 1.88. The van der Waals surface area contributed by atoms with Gasteiger partial charge in [0.25, 0.3) is 10.0 Å². The highest BCUT2D eigenvalue weighted by Crippen LogP contribution is 2.23. The summed E-state index contributed by atoms with van der Waals surface area (Å²) >= 11 is 0. The van der Waals surface area contributed by atoms with Gasteiger partial charge >= 0.3 is 0 Å². The van der Waals surface area contributed by atoms with Crippen molar-refractivity contribution in [2.24, 2.45) is 5.14 Å². The van der Waals surface area contributed by atoms with Crippen molar-refractivity contribution in [1.82, 2.24) is 10.2 Å². The van der Waals surface area contributed by atoms with E-state index in [1.807, 2.05) is 0 Å². The molecule has 1 aromatic rings. The molecule has 0 saturated carbocycles. The Morgan fingerprint density at radius 1 is 1.31 bits per heavy atom. The number of primary sulfonamides is 1. The first-order valence-electron chi connectivity index (χ1n) is 4.18. The maximum absolute atomic E-state index is 11.1. The zero-order valence-corrected chi connectivity index (χ0v) is 7.89. The predicted octanol–water partition coefficient (Wildman–Crippen LogP) is -0.0641. The van der Waals surface area contributed by atoms with Gasteiger partial charge in [-0.2, -0.15) is 5.10 Å². The lowest BCUT2D eigenvalue weighted by molar-refractivity contribution is 0.590. The highest BCUT2D eigenvalue weighted by Gasteiger charge is 2.23. The van der Waals surface area contributed by atoms with E-state index in [1.165, 1.54) is 0 Å². The summed E-state index contributed by atoms with van der Waals surface area (Å²) in [6.45, 7) is 0. The van der Waals surface area contributed by atoms with Crippen molar-refractivity contribution in [3.05, 3.63) is 11.3 Å². The summed E-state index contributed by atoms with van der Waals surface area (Å²) in [4.78, 5) is 0. The molecule has 72 valence electrons. The molecule has 5 nitrogen and oxygen atoms in total. The minimum Gasteiger partial charge on any atom is -0.281 e. The highest BCUT2D eigenvalue weighted by molar-refractivity contribution is 7.89. The Hall–Kier alpha value is -0.880. The molecule has 3 N–H and O–H groups in total. The van der Waals surface area contributed by atoms with Crippen LogP contribution in [0.1, 0.15) is 24.1 Å². The summed E-state index contributed by atoms with van der Waals surface area (Å²) in [7, 11) is -3.64. The Balaban J connectivity index is 2.55. The number of sulfonamides is 1. The lowest BCUT2D eigenvalue weighted by atomic mass is 9.99. The number of aromatic nitrogens is 2. The predicted molar refractivity (Wildman–Crippen MR) is 46.6 cm³/mol. The maximum Gasteiger partial charge on any atom is 0.257 e. The van der Waals surface area contributed by atoms with Crippen LogP contribution in [-0.4, -0.2) is 18.6 Å². The molecule has 0 bridgehead atoms. The van der Waals surface area contributed by atoms with Crippen LogP contribution >= 0.6 is 0 Å². The Morgan fingerprint density at radius 2 is 2.00 bits per heavy atom. The topological polar surface area (TPSA) is 88.8 Å². The van der Waals surface area contributed by atoms with E-state index in [0.29, 0.717) is 0 Å². The summed E-state index contributed by atoms with van der Waals surface area (Å²) in [5, 5.41) is 11.5. The zero-order valence-electron chi connectivity index (χ0n) is 7.08. The van der Waals surface area contributed by atoms with E-state index < -0.39 is 10.0 Å². The number of H-pyrrole nitrogens is 1. The van der Waals surface area contributed by atoms with E-state index in [0.717, 1.165) is 36.9 Å². The fraction of sp³-hybridized carbons (Fsp3) is 0.571. The summed E-state index contributed by atoms with van der Waals surface area (Å²) in [5.74, 6) is 0. The third-order valence-corrected chi connectivity index (χ3v) is 3.16. The van der Waals surface area contributed by atoms with Crippen LogP contribution < -0.4 is 5.14 Å². The number of fused-ring (bicyclic) bond motifs is 1. The molecule has 1 heterocycles. The molecular formula is C7H11N3O2S. The number of hydrogen-bond donors (Lipinski definition) is 2. The molecule has 1 aliphatic rings. The third kappa shape index (κ3) is 1.47. The van der Waals surface area contributed by atoms with Gasteiger partial charge in [-0.15, -0.1) is 0 Å². The molecule has 1 aliphatic carbocycles. The molecule has 1 aromatic heterocycles. The second kappa shape index (κ2) is 2.81. The van der Waals surface area contributed by atoms with E-state index in [2.05, 4.69) is 10.2 Å². The lowest BCUT2D eigenvalue weighted by Gasteiger charge is -2.09. The van der Waals surface area contributed by atoms with Crippen molar-refractivity contribution < 1.29 is 8.42 Å². The smallest absolute Gasteiger partial charge is 0.257 e. The monoisotopic (exact) mass is 201 g/mol. The normalized spacial score (nSPS) is 17.0. The van der Waals surface area contributed by atoms with Crippen molar-refractivity contribution in [1.29, 1.82) is 0 Å². The average molecular weight is 201 g/mol. The van der Waals surface area contributed by atoms with Crippen LogP contribution in [0.3, 0.4) is 0 Å². The number of rotatable bonds is 1. The molecule has 2 rings (SSSR count). The zero-order chi connectivity index (χ0) is 9.47. The summed E-state index contributed by atoms with van der Waals surface area (Å²) in [5.41, 5.74) is 1.71.